The van der Waals surface area contributed by atoms with E-state index in [-0.39, 0.29) is 11.9 Å². The average molecular weight is 220 g/mol. The lowest BCUT2D eigenvalue weighted by atomic mass is 10.1. The van der Waals surface area contributed by atoms with Gasteiger partial charge in [0.1, 0.15) is 5.82 Å². The predicted octanol–water partition coefficient (Wildman–Crippen LogP) is 2.67. The Balaban J connectivity index is 2.75. The maximum Gasteiger partial charge on any atom is 0.141 e. The largest absolute Gasteiger partial charge is 0.306 e. The third-order valence-corrected chi connectivity index (χ3v) is 2.22. The Morgan fingerprint density at radius 1 is 1.50 bits per heavy atom. The van der Waals surface area contributed by atoms with Gasteiger partial charge >= 0.3 is 0 Å². The van der Waals surface area contributed by atoms with E-state index in [2.05, 4.69) is 30.1 Å². The van der Waals surface area contributed by atoms with Gasteiger partial charge in [-0.25, -0.2) is 4.39 Å². The molecule has 86 valence electrons. The van der Waals surface area contributed by atoms with Crippen LogP contribution in [0.3, 0.4) is 0 Å². The molecule has 0 radical (unpaired) electrons. The minimum absolute atomic E-state index is 0.0941. The van der Waals surface area contributed by atoms with E-state index in [1.165, 1.54) is 12.3 Å². The molecule has 16 heavy (non-hydrogen) atoms. The van der Waals surface area contributed by atoms with E-state index in [1.807, 2.05) is 0 Å². The summed E-state index contributed by atoms with van der Waals surface area (Å²) in [4.78, 5) is 4.08. The minimum atomic E-state index is -0.316. The van der Waals surface area contributed by atoms with Gasteiger partial charge in [-0.05, 0) is 18.6 Å². The van der Waals surface area contributed by atoms with E-state index in [0.717, 1.165) is 12.1 Å². The molecule has 0 aliphatic heterocycles. The molecule has 1 aromatic rings. The lowest BCUT2D eigenvalue weighted by molar-refractivity contribution is 0.447. The number of aromatic nitrogens is 1. The zero-order valence-electron chi connectivity index (χ0n) is 9.70. The maximum absolute atomic E-state index is 12.7. The van der Waals surface area contributed by atoms with Crippen LogP contribution in [0.4, 0.5) is 4.39 Å². The van der Waals surface area contributed by atoms with Gasteiger partial charge in [-0.1, -0.05) is 13.8 Å². The molecule has 0 aliphatic carbocycles. The fourth-order valence-corrected chi connectivity index (χ4v) is 1.54. The number of nitrogens with zero attached hydrogens (tertiary/aromatic N) is 1. The van der Waals surface area contributed by atoms with Gasteiger partial charge in [0.2, 0.25) is 0 Å². The van der Waals surface area contributed by atoms with Gasteiger partial charge < -0.3 is 5.32 Å². The first kappa shape index (κ1) is 12.7. The molecule has 0 amide bonds. The van der Waals surface area contributed by atoms with Gasteiger partial charge in [-0.15, -0.1) is 12.3 Å². The summed E-state index contributed by atoms with van der Waals surface area (Å²) in [7, 11) is 0. The Kier molecular flexibility index (Phi) is 4.94. The van der Waals surface area contributed by atoms with E-state index < -0.39 is 0 Å². The molecule has 0 spiro atoms. The van der Waals surface area contributed by atoms with Crippen molar-refractivity contribution in [2.24, 2.45) is 0 Å². The summed E-state index contributed by atoms with van der Waals surface area (Å²) in [6.07, 6.45) is 7.98. The summed E-state index contributed by atoms with van der Waals surface area (Å²) in [5, 5.41) is 3.37. The molecule has 1 N–H and O–H groups in total. The van der Waals surface area contributed by atoms with Gasteiger partial charge in [-0.3, -0.25) is 4.98 Å². The lowest BCUT2D eigenvalue weighted by Gasteiger charge is -2.19. The summed E-state index contributed by atoms with van der Waals surface area (Å²) < 4.78 is 12.7. The standard InChI is InChI=1S/C13H17FN2/c1-4-5-6-13(16-10(2)3)12-8-7-11(14)9-15-12/h1,7-10,13,16H,5-6H2,2-3H3. The maximum atomic E-state index is 12.7. The molecule has 2 nitrogen and oxygen atoms in total. The van der Waals surface area contributed by atoms with Crippen molar-refractivity contribution in [1.29, 1.82) is 0 Å². The van der Waals surface area contributed by atoms with Crippen LogP contribution in [0.2, 0.25) is 0 Å². The monoisotopic (exact) mass is 220 g/mol. The SMILES string of the molecule is C#CCCC(NC(C)C)c1ccc(F)cn1. The van der Waals surface area contributed by atoms with Crippen molar-refractivity contribution in [3.05, 3.63) is 29.8 Å². The highest BCUT2D eigenvalue weighted by atomic mass is 19.1. The first-order chi connectivity index (χ1) is 7.63. The second-order valence-electron chi connectivity index (χ2n) is 4.02. The Morgan fingerprint density at radius 3 is 2.75 bits per heavy atom. The molecule has 0 aliphatic rings. The minimum Gasteiger partial charge on any atom is -0.306 e. The van der Waals surface area contributed by atoms with Crippen molar-refractivity contribution < 1.29 is 4.39 Å². The highest BCUT2D eigenvalue weighted by Crippen LogP contribution is 2.17. The van der Waals surface area contributed by atoms with Crippen LogP contribution < -0.4 is 5.32 Å². The van der Waals surface area contributed by atoms with Crippen molar-refractivity contribution in [1.82, 2.24) is 10.3 Å². The molecule has 0 aromatic carbocycles. The highest BCUT2D eigenvalue weighted by Gasteiger charge is 2.13. The van der Waals surface area contributed by atoms with E-state index in [9.17, 15) is 4.39 Å². The van der Waals surface area contributed by atoms with Crippen molar-refractivity contribution >= 4 is 0 Å². The molecule has 1 rings (SSSR count). The Hall–Kier alpha value is -1.40. The number of terminal acetylenes is 1. The third-order valence-electron chi connectivity index (χ3n) is 2.22. The molecular weight excluding hydrogens is 203 g/mol. The summed E-state index contributed by atoms with van der Waals surface area (Å²) in [5.41, 5.74) is 0.838. The summed E-state index contributed by atoms with van der Waals surface area (Å²) in [6, 6.07) is 3.56. The van der Waals surface area contributed by atoms with E-state index in [1.54, 1.807) is 6.07 Å². The van der Waals surface area contributed by atoms with Crippen LogP contribution in [0.1, 0.15) is 38.4 Å². The highest BCUT2D eigenvalue weighted by molar-refractivity contribution is 5.10. The lowest BCUT2D eigenvalue weighted by Crippen LogP contribution is -2.28. The molecule has 0 saturated heterocycles. The molecule has 1 unspecified atom stereocenters. The van der Waals surface area contributed by atoms with Gasteiger partial charge in [-0.2, -0.15) is 0 Å². The number of hydrogen-bond donors (Lipinski definition) is 1. The number of pyridine rings is 1. The van der Waals surface area contributed by atoms with Crippen LogP contribution in [0.25, 0.3) is 0 Å². The average Bonchev–Trinajstić information content (AvgIpc) is 2.25. The normalized spacial score (nSPS) is 12.4. The van der Waals surface area contributed by atoms with E-state index in [4.69, 9.17) is 6.42 Å². The first-order valence-electron chi connectivity index (χ1n) is 5.44. The Bertz CT molecular complexity index is 351. The zero-order chi connectivity index (χ0) is 12.0. The fraction of sp³-hybridized carbons (Fsp3) is 0.462. The van der Waals surface area contributed by atoms with Crippen molar-refractivity contribution in [3.8, 4) is 12.3 Å². The van der Waals surface area contributed by atoms with Gasteiger partial charge in [0.05, 0.1) is 17.9 Å². The van der Waals surface area contributed by atoms with E-state index >= 15 is 0 Å². The van der Waals surface area contributed by atoms with Crippen LogP contribution in [0.15, 0.2) is 18.3 Å². The molecule has 0 fully saturated rings. The molecule has 1 atom stereocenters. The second kappa shape index (κ2) is 6.24. The van der Waals surface area contributed by atoms with Gasteiger partial charge in [0, 0.05) is 12.5 Å². The van der Waals surface area contributed by atoms with Crippen LogP contribution in [0, 0.1) is 18.2 Å². The molecule has 0 saturated carbocycles. The van der Waals surface area contributed by atoms with Crippen LogP contribution in [-0.2, 0) is 0 Å². The Labute approximate surface area is 96.3 Å². The summed E-state index contributed by atoms with van der Waals surface area (Å²) >= 11 is 0. The number of halogens is 1. The molecule has 1 aromatic heterocycles. The molecular formula is C13H17FN2. The number of nitrogens with one attached hydrogen (secondary N) is 1. The smallest absolute Gasteiger partial charge is 0.141 e. The van der Waals surface area contributed by atoms with E-state index in [0.29, 0.717) is 12.5 Å². The topological polar surface area (TPSA) is 24.9 Å². The van der Waals surface area contributed by atoms with Crippen LogP contribution >= 0.6 is 0 Å². The fourth-order valence-electron chi connectivity index (χ4n) is 1.54. The second-order valence-corrected chi connectivity index (χ2v) is 4.02. The quantitative estimate of drug-likeness (QED) is 0.772. The predicted molar refractivity (Wildman–Crippen MR) is 63.3 cm³/mol. The molecule has 3 heteroatoms. The van der Waals surface area contributed by atoms with Crippen LogP contribution in [-0.4, -0.2) is 11.0 Å². The molecule has 1 heterocycles. The number of rotatable bonds is 5. The Morgan fingerprint density at radius 2 is 2.25 bits per heavy atom. The van der Waals surface area contributed by atoms with Crippen molar-refractivity contribution in [3.63, 3.8) is 0 Å². The first-order valence-corrected chi connectivity index (χ1v) is 5.44. The molecule has 0 bridgehead atoms. The third kappa shape index (κ3) is 4.00. The number of hydrogen-bond acceptors (Lipinski definition) is 2. The van der Waals surface area contributed by atoms with Crippen molar-refractivity contribution in [2.75, 3.05) is 0 Å². The zero-order valence-corrected chi connectivity index (χ0v) is 9.70. The van der Waals surface area contributed by atoms with Gasteiger partial charge in [0.25, 0.3) is 0 Å². The van der Waals surface area contributed by atoms with Crippen molar-refractivity contribution in [2.45, 2.75) is 38.8 Å². The summed E-state index contributed by atoms with van der Waals surface area (Å²) in [6.45, 7) is 4.12. The summed E-state index contributed by atoms with van der Waals surface area (Å²) in [5.74, 6) is 2.29. The van der Waals surface area contributed by atoms with Crippen LogP contribution in [0.5, 0.6) is 0 Å². The van der Waals surface area contributed by atoms with Gasteiger partial charge in [0.15, 0.2) is 0 Å².